The number of anilines is 2. The summed E-state index contributed by atoms with van der Waals surface area (Å²) in [5.41, 5.74) is -1.04. The molecule has 2 aromatic carbocycles. The monoisotopic (exact) mass is 490 g/mol. The molecule has 0 aliphatic carbocycles. The van der Waals surface area contributed by atoms with Crippen LogP contribution in [-0.4, -0.2) is 31.3 Å². The average molecular weight is 491 g/mol. The highest BCUT2D eigenvalue weighted by molar-refractivity contribution is 6.30. The number of hydrogen-bond donors (Lipinski definition) is 2. The molecule has 34 heavy (non-hydrogen) atoms. The number of nitrogens with zero attached hydrogens (tertiary/aromatic N) is 3. The van der Waals surface area contributed by atoms with Gasteiger partial charge in [-0.3, -0.25) is 4.57 Å². The van der Waals surface area contributed by atoms with E-state index in [9.17, 15) is 23.9 Å². The third-order valence-corrected chi connectivity index (χ3v) is 5.14. The van der Waals surface area contributed by atoms with Gasteiger partial charge in [-0.2, -0.15) is 4.98 Å². The Kier molecular flexibility index (Phi) is 7.72. The van der Waals surface area contributed by atoms with Crippen molar-refractivity contribution in [3.8, 4) is 5.75 Å². The van der Waals surface area contributed by atoms with Gasteiger partial charge in [-0.1, -0.05) is 30.7 Å². The van der Waals surface area contributed by atoms with Crippen LogP contribution in [0, 0.1) is 5.82 Å². The van der Waals surface area contributed by atoms with Gasteiger partial charge in [-0.05, 0) is 50.1 Å². The fourth-order valence-corrected chi connectivity index (χ4v) is 3.44. The van der Waals surface area contributed by atoms with E-state index in [1.165, 1.54) is 12.1 Å². The minimum absolute atomic E-state index is 0.00239. The minimum Gasteiger partial charge on any atom is -0.488 e. The van der Waals surface area contributed by atoms with Gasteiger partial charge in [-0.15, -0.1) is 0 Å². The second-order valence-electron chi connectivity index (χ2n) is 7.78. The number of rotatable bonds is 9. The first-order valence-corrected chi connectivity index (χ1v) is 10.9. The predicted octanol–water partition coefficient (Wildman–Crippen LogP) is 3.81. The van der Waals surface area contributed by atoms with E-state index in [1.807, 2.05) is 0 Å². The summed E-state index contributed by atoms with van der Waals surface area (Å²) in [6.45, 7) is 5.03. The Hall–Kier alpha value is -3.66. The van der Waals surface area contributed by atoms with Crippen molar-refractivity contribution in [3.05, 3.63) is 79.8 Å². The predicted molar refractivity (Wildman–Crippen MR) is 126 cm³/mol. The van der Waals surface area contributed by atoms with Gasteiger partial charge in [0, 0.05) is 16.8 Å². The Morgan fingerprint density at radius 3 is 2.44 bits per heavy atom. The van der Waals surface area contributed by atoms with Crippen molar-refractivity contribution < 1.29 is 19.0 Å². The number of nitrogens with one attached hydrogen (secondary N) is 1. The van der Waals surface area contributed by atoms with E-state index in [-0.39, 0.29) is 36.5 Å². The van der Waals surface area contributed by atoms with Crippen molar-refractivity contribution in [1.82, 2.24) is 14.1 Å². The van der Waals surface area contributed by atoms with E-state index in [1.54, 1.807) is 45.0 Å². The summed E-state index contributed by atoms with van der Waals surface area (Å²) in [6.07, 6.45) is -0.226. The van der Waals surface area contributed by atoms with Gasteiger partial charge in [0.25, 0.3) is 0 Å². The standard InChI is InChI=1S/C23H24ClFN4O5/c1-4-18(20(30)31)29-22(32)27-21(26-16-9-10-19(17(25)11-16)34-13(2)3)28(23(29)33)12-14-5-7-15(24)8-6-14/h5-11,13,18H,4,12H2,1-3H3,(H,30,31)(H,26,27,32)/t18-/m1/s1. The topological polar surface area (TPSA) is 115 Å². The maximum absolute atomic E-state index is 14.5. The van der Waals surface area contributed by atoms with Crippen LogP contribution < -0.4 is 21.4 Å². The molecule has 9 nitrogen and oxygen atoms in total. The lowest BCUT2D eigenvalue weighted by Crippen LogP contribution is -2.46. The molecule has 0 saturated carbocycles. The van der Waals surface area contributed by atoms with Crippen molar-refractivity contribution in [1.29, 1.82) is 0 Å². The zero-order valence-corrected chi connectivity index (χ0v) is 19.5. The molecule has 0 aliphatic heterocycles. The van der Waals surface area contributed by atoms with E-state index in [0.717, 1.165) is 10.6 Å². The molecule has 0 aliphatic rings. The quantitative estimate of drug-likeness (QED) is 0.468. The lowest BCUT2D eigenvalue weighted by Gasteiger charge is -2.18. The molecular weight excluding hydrogens is 467 g/mol. The lowest BCUT2D eigenvalue weighted by atomic mass is 10.2. The molecule has 0 radical (unpaired) electrons. The Morgan fingerprint density at radius 1 is 1.21 bits per heavy atom. The molecule has 0 spiro atoms. The molecule has 1 aromatic heterocycles. The molecule has 2 N–H and O–H groups in total. The highest BCUT2D eigenvalue weighted by Crippen LogP contribution is 2.24. The Morgan fingerprint density at radius 2 is 1.88 bits per heavy atom. The maximum atomic E-state index is 14.5. The fourth-order valence-electron chi connectivity index (χ4n) is 3.31. The molecule has 3 aromatic rings. The molecule has 0 saturated heterocycles. The summed E-state index contributed by atoms with van der Waals surface area (Å²) in [6, 6.07) is 9.31. The van der Waals surface area contributed by atoms with Crippen LogP contribution in [-0.2, 0) is 11.3 Å². The van der Waals surface area contributed by atoms with Gasteiger partial charge in [0.15, 0.2) is 11.6 Å². The van der Waals surface area contributed by atoms with Gasteiger partial charge in [0.2, 0.25) is 5.95 Å². The largest absolute Gasteiger partial charge is 0.488 e. The maximum Gasteiger partial charge on any atom is 0.355 e. The van der Waals surface area contributed by atoms with Gasteiger partial charge in [0.1, 0.15) is 6.04 Å². The minimum atomic E-state index is -1.39. The number of halogens is 2. The summed E-state index contributed by atoms with van der Waals surface area (Å²) in [7, 11) is 0. The van der Waals surface area contributed by atoms with E-state index >= 15 is 0 Å². The van der Waals surface area contributed by atoms with Crippen LogP contribution in [0.3, 0.4) is 0 Å². The molecule has 0 unspecified atom stereocenters. The smallest absolute Gasteiger partial charge is 0.355 e. The number of hydrogen-bond acceptors (Lipinski definition) is 6. The number of carbonyl (C=O) groups is 1. The van der Waals surface area contributed by atoms with E-state index < -0.39 is 29.2 Å². The van der Waals surface area contributed by atoms with Crippen LogP contribution >= 0.6 is 11.6 Å². The third-order valence-electron chi connectivity index (χ3n) is 4.89. The first-order chi connectivity index (χ1) is 16.1. The molecule has 11 heteroatoms. The molecule has 180 valence electrons. The zero-order valence-electron chi connectivity index (χ0n) is 18.8. The number of aromatic nitrogens is 3. The van der Waals surface area contributed by atoms with E-state index in [0.29, 0.717) is 15.2 Å². The molecule has 1 atom stereocenters. The molecule has 0 amide bonds. The van der Waals surface area contributed by atoms with Crippen molar-refractivity contribution in [3.63, 3.8) is 0 Å². The first kappa shape index (κ1) is 25.0. The molecule has 3 rings (SSSR count). The molecular formula is C23H24ClFN4O5. The summed E-state index contributed by atoms with van der Waals surface area (Å²) < 4.78 is 21.6. The summed E-state index contributed by atoms with van der Waals surface area (Å²) in [5.74, 6) is -2.09. The van der Waals surface area contributed by atoms with Crippen molar-refractivity contribution in [2.24, 2.45) is 0 Å². The SMILES string of the molecule is CC[C@H](C(=O)O)n1c(=O)nc(Nc2ccc(OC(C)C)c(F)c2)n(Cc2ccc(Cl)cc2)c1=O. The van der Waals surface area contributed by atoms with Gasteiger partial charge in [-0.25, -0.2) is 23.3 Å². The van der Waals surface area contributed by atoms with E-state index in [2.05, 4.69) is 10.3 Å². The second-order valence-corrected chi connectivity index (χ2v) is 8.22. The number of benzene rings is 2. The van der Waals surface area contributed by atoms with Gasteiger partial charge < -0.3 is 15.2 Å². The van der Waals surface area contributed by atoms with Crippen LogP contribution in [0.25, 0.3) is 0 Å². The highest BCUT2D eigenvalue weighted by atomic mass is 35.5. The Balaban J connectivity index is 2.11. The Bertz CT molecular complexity index is 1300. The van der Waals surface area contributed by atoms with Crippen molar-refractivity contribution in [2.75, 3.05) is 5.32 Å². The average Bonchev–Trinajstić information content (AvgIpc) is 2.76. The summed E-state index contributed by atoms with van der Waals surface area (Å²) in [5, 5.41) is 12.8. The van der Waals surface area contributed by atoms with Crippen LogP contribution in [0.2, 0.25) is 5.02 Å². The first-order valence-electron chi connectivity index (χ1n) is 10.5. The van der Waals surface area contributed by atoms with Crippen LogP contribution in [0.1, 0.15) is 38.8 Å². The Labute approximate surface area is 199 Å². The summed E-state index contributed by atoms with van der Waals surface area (Å²) >= 11 is 5.94. The second kappa shape index (κ2) is 10.5. The number of aliphatic carboxylic acids is 1. The van der Waals surface area contributed by atoms with Gasteiger partial charge in [0.05, 0.1) is 12.6 Å². The number of ether oxygens (including phenoxy) is 1. The fraction of sp³-hybridized carbons (Fsp3) is 0.304. The normalized spacial score (nSPS) is 11.9. The van der Waals surface area contributed by atoms with Crippen LogP contribution in [0.5, 0.6) is 5.75 Å². The molecule has 1 heterocycles. The van der Waals surface area contributed by atoms with E-state index in [4.69, 9.17) is 16.3 Å². The summed E-state index contributed by atoms with van der Waals surface area (Å²) in [4.78, 5) is 41.5. The number of carboxylic acid groups (broad SMARTS) is 1. The molecule has 0 fully saturated rings. The van der Waals surface area contributed by atoms with Gasteiger partial charge >= 0.3 is 17.3 Å². The van der Waals surface area contributed by atoms with Crippen molar-refractivity contribution in [2.45, 2.75) is 45.9 Å². The zero-order chi connectivity index (χ0) is 25.0. The van der Waals surface area contributed by atoms with Crippen LogP contribution in [0.15, 0.2) is 52.1 Å². The van der Waals surface area contributed by atoms with Crippen LogP contribution in [0.4, 0.5) is 16.0 Å². The lowest BCUT2D eigenvalue weighted by molar-refractivity contribution is -0.141. The number of carboxylic acids is 1. The molecule has 0 bridgehead atoms. The third kappa shape index (κ3) is 5.63. The highest BCUT2D eigenvalue weighted by Gasteiger charge is 2.25. The van der Waals surface area contributed by atoms with Crippen molar-refractivity contribution >= 4 is 29.2 Å².